The van der Waals surface area contributed by atoms with Crippen molar-refractivity contribution in [2.75, 3.05) is 26.2 Å². The molecule has 1 aliphatic rings. The minimum atomic E-state index is -3.52. The van der Waals surface area contributed by atoms with Crippen molar-refractivity contribution in [3.8, 4) is 0 Å². The Kier molecular flexibility index (Phi) is 5.42. The van der Waals surface area contributed by atoms with Gasteiger partial charge >= 0.3 is 0 Å². The molecule has 148 valence electrons. The molecule has 6 nitrogen and oxygen atoms in total. The summed E-state index contributed by atoms with van der Waals surface area (Å²) in [5.74, 6) is -0.173. The number of para-hydroxylation sites is 1. The Labute approximate surface area is 170 Å². The molecule has 0 atom stereocenters. The molecule has 2 aromatic carbocycles. The van der Waals surface area contributed by atoms with Crippen molar-refractivity contribution in [3.63, 3.8) is 0 Å². The van der Waals surface area contributed by atoms with Gasteiger partial charge in [-0.05, 0) is 23.8 Å². The zero-order valence-corrected chi connectivity index (χ0v) is 16.6. The maximum Gasteiger partial charge on any atom is 0.272 e. The van der Waals surface area contributed by atoms with E-state index < -0.39 is 10.0 Å². The van der Waals surface area contributed by atoms with Crippen molar-refractivity contribution in [2.45, 2.75) is 0 Å². The van der Waals surface area contributed by atoms with Gasteiger partial charge in [0, 0.05) is 37.0 Å². The smallest absolute Gasteiger partial charge is 0.272 e. The Morgan fingerprint density at radius 1 is 0.862 bits per heavy atom. The Hall–Kier alpha value is -3.03. The average molecular weight is 407 g/mol. The Balaban J connectivity index is 1.41. The van der Waals surface area contributed by atoms with Gasteiger partial charge in [0.1, 0.15) is 5.69 Å². The lowest BCUT2D eigenvalue weighted by molar-refractivity contribution is 0.0693. The number of rotatable bonds is 4. The first-order valence-corrected chi connectivity index (χ1v) is 10.9. The van der Waals surface area contributed by atoms with Crippen LogP contribution in [0.1, 0.15) is 16.1 Å². The number of fused-ring (bicyclic) bond motifs is 1. The Bertz CT molecular complexity index is 1150. The second-order valence-electron chi connectivity index (χ2n) is 6.84. The standard InChI is InChI=1S/C22H21N3O3S/c26-22(21-11-10-19-8-4-5-9-20(19)23-21)24-13-15-25(16-14-24)29(27,28)17-12-18-6-2-1-3-7-18/h1-12,17H,13-16H2/b17-12+. The molecule has 1 fully saturated rings. The molecule has 3 aromatic rings. The van der Waals surface area contributed by atoms with Crippen LogP contribution in [0.3, 0.4) is 0 Å². The van der Waals surface area contributed by atoms with Crippen molar-refractivity contribution in [1.29, 1.82) is 0 Å². The van der Waals surface area contributed by atoms with E-state index in [0.717, 1.165) is 16.5 Å². The van der Waals surface area contributed by atoms with Gasteiger partial charge in [-0.25, -0.2) is 13.4 Å². The van der Waals surface area contributed by atoms with Gasteiger partial charge in [0.15, 0.2) is 0 Å². The van der Waals surface area contributed by atoms with E-state index in [1.165, 1.54) is 9.71 Å². The van der Waals surface area contributed by atoms with Crippen LogP contribution in [0.5, 0.6) is 0 Å². The van der Waals surface area contributed by atoms with Crippen LogP contribution in [0, 0.1) is 0 Å². The third-order valence-electron chi connectivity index (χ3n) is 4.94. The topological polar surface area (TPSA) is 70.6 Å². The molecule has 0 N–H and O–H groups in total. The van der Waals surface area contributed by atoms with E-state index in [4.69, 9.17) is 0 Å². The van der Waals surface area contributed by atoms with Crippen molar-refractivity contribution >= 4 is 32.9 Å². The molecule has 0 aliphatic carbocycles. The summed E-state index contributed by atoms with van der Waals surface area (Å²) in [6, 6.07) is 20.5. The van der Waals surface area contributed by atoms with Gasteiger partial charge in [-0.3, -0.25) is 4.79 Å². The second kappa shape index (κ2) is 8.14. The SMILES string of the molecule is O=C(c1ccc2ccccc2n1)N1CCN(S(=O)(=O)/C=C/c2ccccc2)CC1. The Morgan fingerprint density at radius 2 is 1.55 bits per heavy atom. The van der Waals surface area contributed by atoms with Gasteiger partial charge in [0.05, 0.1) is 5.52 Å². The molecule has 0 spiro atoms. The molecule has 2 heterocycles. The van der Waals surface area contributed by atoms with Crippen LogP contribution < -0.4 is 0 Å². The highest BCUT2D eigenvalue weighted by Crippen LogP contribution is 2.16. The highest BCUT2D eigenvalue weighted by molar-refractivity contribution is 7.92. The molecule has 0 bridgehead atoms. The fourth-order valence-corrected chi connectivity index (χ4v) is 4.48. The summed E-state index contributed by atoms with van der Waals surface area (Å²) in [5, 5.41) is 2.20. The molecule has 1 amide bonds. The van der Waals surface area contributed by atoms with Gasteiger partial charge in [-0.15, -0.1) is 0 Å². The van der Waals surface area contributed by atoms with Crippen molar-refractivity contribution < 1.29 is 13.2 Å². The first kappa shape index (κ1) is 19.3. The molecule has 0 unspecified atom stereocenters. The van der Waals surface area contributed by atoms with Crippen LogP contribution in [0.4, 0.5) is 0 Å². The summed E-state index contributed by atoms with van der Waals surface area (Å²) in [5.41, 5.74) is 1.97. The molecule has 4 rings (SSSR count). The number of carbonyl (C=O) groups excluding carboxylic acids is 1. The van der Waals surface area contributed by atoms with E-state index in [0.29, 0.717) is 18.8 Å². The number of benzene rings is 2. The molecular formula is C22H21N3O3S. The highest BCUT2D eigenvalue weighted by atomic mass is 32.2. The van der Waals surface area contributed by atoms with Crippen LogP contribution in [0.25, 0.3) is 17.0 Å². The lowest BCUT2D eigenvalue weighted by Gasteiger charge is -2.33. The van der Waals surface area contributed by atoms with Crippen LogP contribution in [0.15, 0.2) is 72.1 Å². The van der Waals surface area contributed by atoms with E-state index in [1.54, 1.807) is 17.0 Å². The van der Waals surface area contributed by atoms with Gasteiger partial charge in [0.25, 0.3) is 5.91 Å². The van der Waals surface area contributed by atoms with Gasteiger partial charge in [-0.1, -0.05) is 54.6 Å². The minimum Gasteiger partial charge on any atom is -0.335 e. The minimum absolute atomic E-state index is 0.173. The average Bonchev–Trinajstić information content (AvgIpc) is 2.78. The van der Waals surface area contributed by atoms with Crippen molar-refractivity contribution in [2.24, 2.45) is 0 Å². The summed E-state index contributed by atoms with van der Waals surface area (Å²) in [6.07, 6.45) is 1.59. The number of amides is 1. The maximum atomic E-state index is 12.8. The molecule has 29 heavy (non-hydrogen) atoms. The predicted molar refractivity (Wildman–Crippen MR) is 114 cm³/mol. The first-order valence-electron chi connectivity index (χ1n) is 9.41. The van der Waals surface area contributed by atoms with E-state index >= 15 is 0 Å². The number of sulfonamides is 1. The molecule has 7 heteroatoms. The zero-order valence-electron chi connectivity index (χ0n) is 15.8. The highest BCUT2D eigenvalue weighted by Gasteiger charge is 2.28. The van der Waals surface area contributed by atoms with E-state index in [1.807, 2.05) is 60.7 Å². The number of aromatic nitrogens is 1. The fourth-order valence-electron chi connectivity index (χ4n) is 3.31. The van der Waals surface area contributed by atoms with E-state index in [2.05, 4.69) is 4.98 Å². The number of piperazine rings is 1. The van der Waals surface area contributed by atoms with Crippen LogP contribution in [-0.4, -0.2) is 54.7 Å². The summed E-state index contributed by atoms with van der Waals surface area (Å²) in [4.78, 5) is 18.9. The molecular weight excluding hydrogens is 386 g/mol. The summed E-state index contributed by atoms with van der Waals surface area (Å²) < 4.78 is 26.6. The summed E-state index contributed by atoms with van der Waals surface area (Å²) in [7, 11) is -3.52. The van der Waals surface area contributed by atoms with Crippen molar-refractivity contribution in [1.82, 2.24) is 14.2 Å². The third kappa shape index (κ3) is 4.36. The van der Waals surface area contributed by atoms with Crippen LogP contribution in [-0.2, 0) is 10.0 Å². The van der Waals surface area contributed by atoms with Crippen LogP contribution in [0.2, 0.25) is 0 Å². The number of hydrogen-bond acceptors (Lipinski definition) is 4. The van der Waals surface area contributed by atoms with Crippen molar-refractivity contribution in [3.05, 3.63) is 83.4 Å². The predicted octanol–water partition coefficient (Wildman–Crippen LogP) is 2.99. The quantitative estimate of drug-likeness (QED) is 0.667. The molecule has 0 saturated carbocycles. The van der Waals surface area contributed by atoms with E-state index in [-0.39, 0.29) is 19.0 Å². The molecule has 1 aromatic heterocycles. The van der Waals surface area contributed by atoms with E-state index in [9.17, 15) is 13.2 Å². The maximum absolute atomic E-state index is 12.8. The largest absolute Gasteiger partial charge is 0.335 e. The number of carbonyl (C=O) groups is 1. The molecule has 0 radical (unpaired) electrons. The second-order valence-corrected chi connectivity index (χ2v) is 8.66. The van der Waals surface area contributed by atoms with Crippen LogP contribution >= 0.6 is 0 Å². The lowest BCUT2D eigenvalue weighted by atomic mass is 10.2. The number of hydrogen-bond donors (Lipinski definition) is 0. The Morgan fingerprint density at radius 3 is 2.31 bits per heavy atom. The number of nitrogens with zero attached hydrogens (tertiary/aromatic N) is 3. The normalized spacial score (nSPS) is 15.8. The monoisotopic (exact) mass is 407 g/mol. The lowest BCUT2D eigenvalue weighted by Crippen LogP contribution is -2.50. The summed E-state index contributed by atoms with van der Waals surface area (Å²) in [6.45, 7) is 1.21. The molecule has 1 saturated heterocycles. The van der Waals surface area contributed by atoms with Gasteiger partial charge < -0.3 is 4.90 Å². The van der Waals surface area contributed by atoms with Gasteiger partial charge in [-0.2, -0.15) is 4.31 Å². The number of pyridine rings is 1. The zero-order chi connectivity index (χ0) is 20.3. The first-order chi connectivity index (χ1) is 14.0. The van der Waals surface area contributed by atoms with Gasteiger partial charge in [0.2, 0.25) is 10.0 Å². The summed E-state index contributed by atoms with van der Waals surface area (Å²) >= 11 is 0. The third-order valence-corrected chi connectivity index (χ3v) is 6.50. The fraction of sp³-hybridized carbons (Fsp3) is 0.182. The molecule has 1 aliphatic heterocycles.